The molecule has 2 aromatic heterocycles. The van der Waals surface area contributed by atoms with Gasteiger partial charge in [0.2, 0.25) is 0 Å². The van der Waals surface area contributed by atoms with Crippen molar-refractivity contribution in [1.82, 2.24) is 19.5 Å². The lowest BCUT2D eigenvalue weighted by molar-refractivity contribution is -0.122. The van der Waals surface area contributed by atoms with Gasteiger partial charge in [-0.3, -0.25) is 9.36 Å². The van der Waals surface area contributed by atoms with Crippen LogP contribution < -0.4 is 5.56 Å². The summed E-state index contributed by atoms with van der Waals surface area (Å²) in [5.74, 6) is -1.17. The third kappa shape index (κ3) is 2.04. The molecule has 0 aliphatic carbocycles. The van der Waals surface area contributed by atoms with Gasteiger partial charge in [0, 0.05) is 4.91 Å². The Hall–Kier alpha value is -2.97. The third-order valence-corrected chi connectivity index (χ3v) is 3.66. The second-order valence-corrected chi connectivity index (χ2v) is 4.86. The molecule has 12 nitrogen and oxygen atoms in total. The van der Waals surface area contributed by atoms with Crippen molar-refractivity contribution in [3.63, 3.8) is 0 Å². The lowest BCUT2D eigenvalue weighted by Gasteiger charge is -2.23. The molecule has 1 saturated heterocycles. The SMILES string of the molecule is N#C[C@@H]1[C@H](n2cnc3c(=O)[nH]cnc32)O[C@@](CO)(N=[N+]=[N-])[C@H]1O. The van der Waals surface area contributed by atoms with Gasteiger partial charge in [0.25, 0.3) is 5.56 Å². The number of nitriles is 1. The zero-order valence-electron chi connectivity index (χ0n) is 11.4. The van der Waals surface area contributed by atoms with Crippen LogP contribution in [-0.4, -0.2) is 48.2 Å². The molecule has 0 unspecified atom stereocenters. The monoisotopic (exact) mass is 318 g/mol. The first-order chi connectivity index (χ1) is 11.1. The van der Waals surface area contributed by atoms with E-state index in [1.54, 1.807) is 0 Å². The lowest BCUT2D eigenvalue weighted by atomic mass is 9.98. The summed E-state index contributed by atoms with van der Waals surface area (Å²) in [5.41, 5.74) is 6.28. The second kappa shape index (κ2) is 5.34. The van der Waals surface area contributed by atoms with Crippen molar-refractivity contribution in [3.8, 4) is 6.07 Å². The van der Waals surface area contributed by atoms with Crippen LogP contribution in [0.25, 0.3) is 21.6 Å². The summed E-state index contributed by atoms with van der Waals surface area (Å²) < 4.78 is 6.74. The summed E-state index contributed by atoms with van der Waals surface area (Å²) in [7, 11) is 0. The molecule has 23 heavy (non-hydrogen) atoms. The van der Waals surface area contributed by atoms with E-state index in [0.717, 1.165) is 6.33 Å². The first-order valence-corrected chi connectivity index (χ1v) is 6.41. The highest BCUT2D eigenvalue weighted by atomic mass is 16.6. The average molecular weight is 318 g/mol. The Bertz CT molecular complexity index is 893. The van der Waals surface area contributed by atoms with Crippen LogP contribution >= 0.6 is 0 Å². The van der Waals surface area contributed by atoms with E-state index in [2.05, 4.69) is 25.0 Å². The Balaban J connectivity index is 2.15. The summed E-state index contributed by atoms with van der Waals surface area (Å²) in [6.07, 6.45) is -0.342. The molecule has 4 atom stereocenters. The minimum atomic E-state index is -2.00. The van der Waals surface area contributed by atoms with Crippen LogP contribution in [0, 0.1) is 17.2 Å². The first kappa shape index (κ1) is 14.9. The van der Waals surface area contributed by atoms with Crippen molar-refractivity contribution in [2.75, 3.05) is 6.61 Å². The molecule has 2 aromatic rings. The highest BCUT2D eigenvalue weighted by Crippen LogP contribution is 2.42. The van der Waals surface area contributed by atoms with Crippen LogP contribution in [0.5, 0.6) is 0 Å². The topological polar surface area (TPSA) is 186 Å². The van der Waals surface area contributed by atoms with Crippen LogP contribution in [0.2, 0.25) is 0 Å². The van der Waals surface area contributed by atoms with Gasteiger partial charge in [-0.1, -0.05) is 5.11 Å². The quantitative estimate of drug-likeness (QED) is 0.373. The zero-order chi connectivity index (χ0) is 16.6. The first-order valence-electron chi connectivity index (χ1n) is 6.41. The largest absolute Gasteiger partial charge is 0.393 e. The number of aromatic nitrogens is 4. The van der Waals surface area contributed by atoms with Gasteiger partial charge >= 0.3 is 0 Å². The maximum absolute atomic E-state index is 11.7. The molecule has 1 aliphatic rings. The second-order valence-electron chi connectivity index (χ2n) is 4.86. The number of azide groups is 1. The number of nitrogens with zero attached hydrogens (tertiary/aromatic N) is 7. The third-order valence-electron chi connectivity index (χ3n) is 3.66. The number of hydrogen-bond acceptors (Lipinski definition) is 8. The van der Waals surface area contributed by atoms with E-state index in [0.29, 0.717) is 0 Å². The summed E-state index contributed by atoms with van der Waals surface area (Å²) in [6.45, 7) is -0.826. The highest BCUT2D eigenvalue weighted by Gasteiger charge is 2.55. The molecule has 0 bridgehead atoms. The smallest absolute Gasteiger partial charge is 0.278 e. The Morgan fingerprint density at radius 1 is 1.65 bits per heavy atom. The van der Waals surface area contributed by atoms with Crippen molar-refractivity contribution in [2.24, 2.45) is 11.0 Å². The summed E-state index contributed by atoms with van der Waals surface area (Å²) in [5, 5.41) is 32.3. The maximum atomic E-state index is 11.7. The molecule has 3 heterocycles. The number of fused-ring (bicyclic) bond motifs is 1. The van der Waals surface area contributed by atoms with Gasteiger partial charge in [-0.05, 0) is 5.53 Å². The van der Waals surface area contributed by atoms with Gasteiger partial charge in [0.05, 0.1) is 25.3 Å². The van der Waals surface area contributed by atoms with Crippen molar-refractivity contribution in [3.05, 3.63) is 33.5 Å². The van der Waals surface area contributed by atoms with Gasteiger partial charge in [0.1, 0.15) is 12.0 Å². The number of aliphatic hydroxyl groups excluding tert-OH is 2. The van der Waals surface area contributed by atoms with Gasteiger partial charge in [-0.25, -0.2) is 9.97 Å². The number of nitrogens with one attached hydrogen (secondary N) is 1. The Labute approximate surface area is 127 Å². The standard InChI is InChI=1S/C11H10N8O4/c12-1-5-7(21)11(2-20,17-18-13)23-10(5)19-4-16-6-8(19)14-3-15-9(6)22/h3-5,7,10,20-21H,2H2,(H,14,15,22)/t5-,7-,10+,11+/m0/s1. The fourth-order valence-corrected chi connectivity index (χ4v) is 2.52. The van der Waals surface area contributed by atoms with Crippen molar-refractivity contribution in [2.45, 2.75) is 18.1 Å². The molecule has 0 amide bonds. The Kier molecular flexibility index (Phi) is 3.47. The number of rotatable bonds is 3. The fraction of sp³-hybridized carbons (Fsp3) is 0.455. The number of H-pyrrole nitrogens is 1. The van der Waals surface area contributed by atoms with Crippen molar-refractivity contribution in [1.29, 1.82) is 5.26 Å². The van der Waals surface area contributed by atoms with Crippen molar-refractivity contribution < 1.29 is 14.9 Å². The molecule has 3 rings (SSSR count). The van der Waals surface area contributed by atoms with Crippen LogP contribution in [0.3, 0.4) is 0 Å². The minimum Gasteiger partial charge on any atom is -0.393 e. The number of aliphatic hydroxyl groups is 2. The minimum absolute atomic E-state index is 0.0209. The van der Waals surface area contributed by atoms with Gasteiger partial charge in [-0.15, -0.1) is 0 Å². The van der Waals surface area contributed by atoms with E-state index < -0.39 is 36.1 Å². The molecule has 0 spiro atoms. The molecule has 3 N–H and O–H groups in total. The molecule has 118 valence electrons. The van der Waals surface area contributed by atoms with Crippen molar-refractivity contribution >= 4 is 11.2 Å². The number of imidazole rings is 1. The van der Waals surface area contributed by atoms with Crippen LogP contribution in [0.1, 0.15) is 6.23 Å². The maximum Gasteiger partial charge on any atom is 0.278 e. The van der Waals surface area contributed by atoms with E-state index in [1.165, 1.54) is 10.9 Å². The molecule has 0 aromatic carbocycles. The van der Waals surface area contributed by atoms with E-state index in [1.807, 2.05) is 6.07 Å². The number of hydrogen-bond donors (Lipinski definition) is 3. The zero-order valence-corrected chi connectivity index (χ0v) is 11.4. The van der Waals surface area contributed by atoms with Gasteiger partial charge in [0.15, 0.2) is 23.1 Å². The van der Waals surface area contributed by atoms with Crippen LogP contribution in [-0.2, 0) is 4.74 Å². The molecule has 0 saturated carbocycles. The van der Waals surface area contributed by atoms with E-state index in [-0.39, 0.29) is 11.2 Å². The predicted octanol–water partition coefficient (Wildman–Crippen LogP) is -0.852. The van der Waals surface area contributed by atoms with E-state index >= 15 is 0 Å². The summed E-state index contributed by atoms with van der Waals surface area (Å²) >= 11 is 0. The van der Waals surface area contributed by atoms with Crippen LogP contribution in [0.15, 0.2) is 22.6 Å². The molecule has 12 heteroatoms. The molecule has 1 aliphatic heterocycles. The predicted molar refractivity (Wildman–Crippen MR) is 72.3 cm³/mol. The summed E-state index contributed by atoms with van der Waals surface area (Å²) in [6, 6.07) is 1.85. The van der Waals surface area contributed by atoms with E-state index in [9.17, 15) is 20.3 Å². The average Bonchev–Trinajstić information content (AvgIpc) is 3.09. The Morgan fingerprint density at radius 2 is 2.43 bits per heavy atom. The number of aromatic amines is 1. The summed E-state index contributed by atoms with van der Waals surface area (Å²) in [4.78, 5) is 24.4. The lowest BCUT2D eigenvalue weighted by Crippen LogP contribution is -2.42. The fourth-order valence-electron chi connectivity index (χ4n) is 2.52. The van der Waals surface area contributed by atoms with Crippen LogP contribution in [0.4, 0.5) is 0 Å². The highest BCUT2D eigenvalue weighted by molar-refractivity contribution is 5.68. The van der Waals surface area contributed by atoms with Gasteiger partial charge < -0.3 is 19.9 Å². The Morgan fingerprint density at radius 3 is 3.09 bits per heavy atom. The molecule has 1 fully saturated rings. The number of ether oxygens (including phenoxy) is 1. The van der Waals surface area contributed by atoms with E-state index in [4.69, 9.17) is 10.3 Å². The molecule has 0 radical (unpaired) electrons. The molecular formula is C11H10N8O4. The van der Waals surface area contributed by atoms with Gasteiger partial charge in [-0.2, -0.15) is 5.26 Å². The molecular weight excluding hydrogens is 308 g/mol. The normalized spacial score (nSPS) is 30.0.